The van der Waals surface area contributed by atoms with E-state index in [1.54, 1.807) is 0 Å². The highest BCUT2D eigenvalue weighted by Gasteiger charge is 2.40. The van der Waals surface area contributed by atoms with Crippen LogP contribution < -0.4 is 5.32 Å². The lowest BCUT2D eigenvalue weighted by Gasteiger charge is -2.37. The molecule has 2 fully saturated rings. The Bertz CT molecular complexity index is 252. The van der Waals surface area contributed by atoms with Gasteiger partial charge in [0.1, 0.15) is 0 Å². The molecule has 19 heavy (non-hydrogen) atoms. The lowest BCUT2D eigenvalue weighted by atomic mass is 9.89. The number of rotatable bonds is 7. The van der Waals surface area contributed by atoms with E-state index in [2.05, 4.69) is 19.2 Å². The summed E-state index contributed by atoms with van der Waals surface area (Å²) in [6.07, 6.45) is 4.37. The minimum atomic E-state index is 0.0179. The zero-order valence-electron chi connectivity index (χ0n) is 12.5. The van der Waals surface area contributed by atoms with Crippen LogP contribution in [0.4, 0.5) is 0 Å². The van der Waals surface area contributed by atoms with Crippen LogP contribution in [0.15, 0.2) is 0 Å². The van der Waals surface area contributed by atoms with Crippen LogP contribution >= 0.6 is 0 Å². The summed E-state index contributed by atoms with van der Waals surface area (Å²) in [6.45, 7) is 9.65. The topological polar surface area (TPSA) is 39.7 Å². The van der Waals surface area contributed by atoms with E-state index in [0.717, 1.165) is 65.3 Å². The normalized spacial score (nSPS) is 31.4. The molecule has 1 N–H and O–H groups in total. The Morgan fingerprint density at radius 2 is 2.26 bits per heavy atom. The number of ether oxygens (including phenoxy) is 3. The first-order chi connectivity index (χ1) is 9.20. The third-order valence-electron chi connectivity index (χ3n) is 3.91. The van der Waals surface area contributed by atoms with E-state index in [0.29, 0.717) is 12.0 Å². The molecular weight excluding hydrogens is 242 g/mol. The fraction of sp³-hybridized carbons (Fsp3) is 1.00. The zero-order valence-corrected chi connectivity index (χ0v) is 12.5. The van der Waals surface area contributed by atoms with Crippen LogP contribution in [-0.4, -0.2) is 51.2 Å². The van der Waals surface area contributed by atoms with E-state index in [4.69, 9.17) is 14.2 Å². The maximum Gasteiger partial charge on any atom is 0.0951 e. The second-order valence-corrected chi connectivity index (χ2v) is 6.30. The van der Waals surface area contributed by atoms with Crippen molar-refractivity contribution < 1.29 is 14.2 Å². The van der Waals surface area contributed by atoms with E-state index in [1.807, 2.05) is 0 Å². The van der Waals surface area contributed by atoms with Gasteiger partial charge in [-0.1, -0.05) is 13.8 Å². The van der Waals surface area contributed by atoms with Crippen molar-refractivity contribution in [2.24, 2.45) is 5.92 Å². The van der Waals surface area contributed by atoms with E-state index in [9.17, 15) is 0 Å². The highest BCUT2D eigenvalue weighted by molar-refractivity contribution is 4.92. The third kappa shape index (κ3) is 5.03. The van der Waals surface area contributed by atoms with Gasteiger partial charge in [0.25, 0.3) is 0 Å². The molecule has 2 rings (SSSR count). The summed E-state index contributed by atoms with van der Waals surface area (Å²) in [5, 5.41) is 3.65. The van der Waals surface area contributed by atoms with Crippen molar-refractivity contribution in [2.75, 3.05) is 39.6 Å². The maximum atomic E-state index is 5.94. The van der Waals surface area contributed by atoms with Gasteiger partial charge in [0.2, 0.25) is 0 Å². The largest absolute Gasteiger partial charge is 0.381 e. The molecule has 2 atom stereocenters. The van der Waals surface area contributed by atoms with Crippen LogP contribution in [0.2, 0.25) is 0 Å². The van der Waals surface area contributed by atoms with Crippen molar-refractivity contribution in [3.63, 3.8) is 0 Å². The summed E-state index contributed by atoms with van der Waals surface area (Å²) in [4.78, 5) is 0. The van der Waals surface area contributed by atoms with Gasteiger partial charge >= 0.3 is 0 Å². The maximum absolute atomic E-state index is 5.94. The molecule has 2 unspecified atom stereocenters. The van der Waals surface area contributed by atoms with Crippen molar-refractivity contribution in [1.29, 1.82) is 0 Å². The molecule has 0 aromatic rings. The first-order valence-electron chi connectivity index (χ1n) is 7.73. The van der Waals surface area contributed by atoms with E-state index >= 15 is 0 Å². The molecule has 2 aliphatic heterocycles. The summed E-state index contributed by atoms with van der Waals surface area (Å²) < 4.78 is 17.0. The van der Waals surface area contributed by atoms with Gasteiger partial charge in [-0.3, -0.25) is 0 Å². The summed E-state index contributed by atoms with van der Waals surface area (Å²) in [7, 11) is 0. The number of hydrogen-bond donors (Lipinski definition) is 1. The predicted molar refractivity (Wildman–Crippen MR) is 75.4 cm³/mol. The Hall–Kier alpha value is -0.160. The Kier molecular flexibility index (Phi) is 6.07. The summed E-state index contributed by atoms with van der Waals surface area (Å²) in [5.74, 6) is 0.630. The highest BCUT2D eigenvalue weighted by atomic mass is 16.6. The van der Waals surface area contributed by atoms with Gasteiger partial charge in [0, 0.05) is 38.9 Å². The lowest BCUT2D eigenvalue weighted by Crippen LogP contribution is -2.47. The predicted octanol–water partition coefficient (Wildman–Crippen LogP) is 1.98. The molecule has 2 aliphatic rings. The number of nitrogens with one attached hydrogen (secondary N) is 1. The molecule has 4 nitrogen and oxygen atoms in total. The van der Waals surface area contributed by atoms with Gasteiger partial charge in [-0.05, 0) is 31.7 Å². The van der Waals surface area contributed by atoms with E-state index in [-0.39, 0.29) is 5.60 Å². The Balaban J connectivity index is 1.56. The van der Waals surface area contributed by atoms with Crippen LogP contribution in [0.1, 0.15) is 39.5 Å². The molecule has 0 amide bonds. The minimum Gasteiger partial charge on any atom is -0.381 e. The van der Waals surface area contributed by atoms with Crippen LogP contribution in [0.5, 0.6) is 0 Å². The summed E-state index contributed by atoms with van der Waals surface area (Å²) >= 11 is 0. The Labute approximate surface area is 117 Å². The molecule has 4 heteroatoms. The Morgan fingerprint density at radius 1 is 1.37 bits per heavy atom. The van der Waals surface area contributed by atoms with Crippen molar-refractivity contribution >= 4 is 0 Å². The van der Waals surface area contributed by atoms with Crippen molar-refractivity contribution in [2.45, 2.75) is 51.2 Å². The van der Waals surface area contributed by atoms with E-state index in [1.165, 1.54) is 0 Å². The van der Waals surface area contributed by atoms with Gasteiger partial charge in [-0.2, -0.15) is 0 Å². The second kappa shape index (κ2) is 7.58. The molecule has 112 valence electrons. The Morgan fingerprint density at radius 3 is 3.00 bits per heavy atom. The van der Waals surface area contributed by atoms with Crippen LogP contribution in [0.3, 0.4) is 0 Å². The summed E-state index contributed by atoms with van der Waals surface area (Å²) in [5.41, 5.74) is 0.0179. The van der Waals surface area contributed by atoms with Crippen LogP contribution in [0.25, 0.3) is 0 Å². The van der Waals surface area contributed by atoms with Gasteiger partial charge in [-0.15, -0.1) is 0 Å². The molecular formula is C15H29NO3. The second-order valence-electron chi connectivity index (χ2n) is 6.30. The fourth-order valence-electron chi connectivity index (χ4n) is 2.86. The first-order valence-corrected chi connectivity index (χ1v) is 7.73. The number of hydrogen-bond acceptors (Lipinski definition) is 4. The van der Waals surface area contributed by atoms with Gasteiger partial charge in [-0.25, -0.2) is 0 Å². The third-order valence-corrected chi connectivity index (χ3v) is 3.91. The van der Waals surface area contributed by atoms with Crippen molar-refractivity contribution in [3.8, 4) is 0 Å². The van der Waals surface area contributed by atoms with E-state index < -0.39 is 0 Å². The van der Waals surface area contributed by atoms with Crippen molar-refractivity contribution in [1.82, 2.24) is 5.32 Å². The highest BCUT2D eigenvalue weighted by Crippen LogP contribution is 2.32. The van der Waals surface area contributed by atoms with Gasteiger partial charge in [0.05, 0.1) is 12.2 Å². The first kappa shape index (κ1) is 15.2. The molecule has 0 aromatic carbocycles. The van der Waals surface area contributed by atoms with Crippen LogP contribution in [-0.2, 0) is 14.2 Å². The van der Waals surface area contributed by atoms with Gasteiger partial charge in [0.15, 0.2) is 0 Å². The lowest BCUT2D eigenvalue weighted by molar-refractivity contribution is -0.0893. The van der Waals surface area contributed by atoms with Crippen LogP contribution in [0, 0.1) is 5.92 Å². The zero-order chi connectivity index (χ0) is 13.6. The molecule has 2 saturated heterocycles. The van der Waals surface area contributed by atoms with Crippen molar-refractivity contribution in [3.05, 3.63) is 0 Å². The summed E-state index contributed by atoms with van der Waals surface area (Å²) in [6, 6.07) is 0.584. The SMILES string of the molecule is CC(C)COCCCNC1CCOC2(CCOC2)C1. The smallest absolute Gasteiger partial charge is 0.0951 e. The average Bonchev–Trinajstić information content (AvgIpc) is 2.81. The molecule has 2 heterocycles. The molecule has 0 radical (unpaired) electrons. The molecule has 0 aliphatic carbocycles. The molecule has 0 aromatic heterocycles. The average molecular weight is 271 g/mol. The fourth-order valence-corrected chi connectivity index (χ4v) is 2.86. The molecule has 0 bridgehead atoms. The monoisotopic (exact) mass is 271 g/mol. The molecule has 1 spiro atoms. The minimum absolute atomic E-state index is 0.0179. The molecule has 0 saturated carbocycles. The quantitative estimate of drug-likeness (QED) is 0.719. The standard InChI is InChI=1S/C15H29NO3/c1-13(2)11-17-7-3-6-16-14-4-8-19-15(10-14)5-9-18-12-15/h13-14,16H,3-12H2,1-2H3. The van der Waals surface area contributed by atoms with Gasteiger partial charge < -0.3 is 19.5 Å².